The highest BCUT2D eigenvalue weighted by Crippen LogP contribution is 2.00. The Morgan fingerprint density at radius 2 is 1.90 bits per heavy atom. The lowest BCUT2D eigenvalue weighted by atomic mass is 11.8. The van der Waals surface area contributed by atoms with Crippen molar-refractivity contribution in [1.82, 2.24) is 0 Å². The third-order valence-corrected chi connectivity index (χ3v) is 6.18. The van der Waals surface area contributed by atoms with Crippen LogP contribution in [0.1, 0.15) is 0 Å². The van der Waals surface area contributed by atoms with Gasteiger partial charge in [0.2, 0.25) is 8.32 Å². The van der Waals surface area contributed by atoms with Crippen LogP contribution in [0.15, 0.2) is 0 Å². The van der Waals surface area contributed by atoms with E-state index in [1.807, 2.05) is 19.6 Å². The minimum Gasteiger partial charge on any atom is -0.581 e. The van der Waals surface area contributed by atoms with E-state index in [9.17, 15) is 4.46 Å². The van der Waals surface area contributed by atoms with Gasteiger partial charge in [0.15, 0.2) is 0 Å². The van der Waals surface area contributed by atoms with Crippen LogP contribution in [0.4, 0.5) is 0 Å². The summed E-state index contributed by atoms with van der Waals surface area (Å²) in [5.41, 5.74) is 0. The Morgan fingerprint density at radius 3 is 2.20 bits per heavy atom. The lowest BCUT2D eigenvalue weighted by Gasteiger charge is -2.16. The lowest BCUT2D eigenvalue weighted by Crippen LogP contribution is -2.33. The van der Waals surface area contributed by atoms with Gasteiger partial charge in [0.1, 0.15) is 0 Å². The molecule has 0 bridgehead atoms. The van der Waals surface area contributed by atoms with Gasteiger partial charge in [-0.1, -0.05) is 0 Å². The van der Waals surface area contributed by atoms with Gasteiger partial charge in [-0.15, -0.1) is 0 Å². The van der Waals surface area contributed by atoms with Gasteiger partial charge >= 0.3 is 17.7 Å². The standard InChI is InChI=1S/C4H12O3Si3/c1-6-8-9(5)7-10(2,3)4/h1-4H3. The Hall–Kier alpha value is 0.211. The van der Waals surface area contributed by atoms with Crippen LogP contribution >= 0.6 is 0 Å². The fourth-order valence-electron chi connectivity index (χ4n) is 0.382. The summed E-state index contributed by atoms with van der Waals surface area (Å²) in [5.74, 6) is 0. The molecule has 0 unspecified atom stereocenters. The van der Waals surface area contributed by atoms with E-state index in [-0.39, 0.29) is 9.28 Å². The molecule has 6 heteroatoms. The van der Waals surface area contributed by atoms with E-state index in [1.54, 1.807) is 0 Å². The predicted molar refractivity (Wildman–Crippen MR) is 43.6 cm³/mol. The molecule has 0 fully saturated rings. The first-order valence-electron chi connectivity index (χ1n) is 2.97. The number of hydrogen-bond donors (Lipinski definition) is 0. The molecule has 2 radical (unpaired) electrons. The van der Waals surface area contributed by atoms with E-state index >= 15 is 0 Å². The molecule has 0 aromatic rings. The largest absolute Gasteiger partial charge is 0.581 e. The zero-order chi connectivity index (χ0) is 8.20. The molecule has 0 spiro atoms. The molecule has 3 nitrogen and oxygen atoms in total. The second-order valence-corrected chi connectivity index (χ2v) is 10.9. The Bertz CT molecular complexity index is 119. The van der Waals surface area contributed by atoms with E-state index in [4.69, 9.17) is 8.54 Å². The molecule has 0 saturated carbocycles. The zero-order valence-corrected chi connectivity index (χ0v) is 9.72. The summed E-state index contributed by atoms with van der Waals surface area (Å²) in [6.07, 6.45) is 0. The summed E-state index contributed by atoms with van der Waals surface area (Å²) in [7, 11) is -1.92. The van der Waals surface area contributed by atoms with Gasteiger partial charge in [0, 0.05) is 7.11 Å². The summed E-state index contributed by atoms with van der Waals surface area (Å²) < 4.78 is 20.9. The first-order valence-corrected chi connectivity index (χ1v) is 9.61. The first kappa shape index (κ1) is 10.2. The maximum atomic E-state index is 10.9. The second kappa shape index (κ2) is 4.16. The fraction of sp³-hybridized carbons (Fsp3) is 1.00. The highest BCUT2D eigenvalue weighted by molar-refractivity contribution is 7.01. The highest BCUT2D eigenvalue weighted by atomic mass is 29.2. The molecule has 0 rings (SSSR count). The Kier molecular flexibility index (Phi) is 4.25. The second-order valence-electron chi connectivity index (χ2n) is 2.81. The van der Waals surface area contributed by atoms with Gasteiger partial charge in [-0.05, 0) is 19.6 Å². The normalized spacial score (nSPS) is 11.2. The third kappa shape index (κ3) is 6.33. The molecule has 0 aliphatic heterocycles. The summed E-state index contributed by atoms with van der Waals surface area (Å²) >= 11 is 0. The van der Waals surface area contributed by atoms with Crippen LogP contribution in [0.5, 0.6) is 0 Å². The Balaban J connectivity index is 3.58. The van der Waals surface area contributed by atoms with E-state index in [2.05, 4.69) is 0 Å². The molecule has 0 heterocycles. The van der Waals surface area contributed by atoms with Crippen LogP contribution in [0.2, 0.25) is 19.6 Å². The van der Waals surface area contributed by atoms with E-state index in [1.165, 1.54) is 7.11 Å². The SMILES string of the molecule is CO[Si][Si](=O)O[Si](C)(C)C. The van der Waals surface area contributed by atoms with Gasteiger partial charge in [-0.25, -0.2) is 0 Å². The molecular weight excluding hydrogens is 180 g/mol. The highest BCUT2D eigenvalue weighted by Gasteiger charge is 2.21. The minimum atomic E-state index is -1.88. The number of hydrogen-bond acceptors (Lipinski definition) is 3. The van der Waals surface area contributed by atoms with E-state index in [0.717, 1.165) is 0 Å². The average molecular weight is 192 g/mol. The summed E-state index contributed by atoms with van der Waals surface area (Å²) in [4.78, 5) is 0. The molecule has 10 heavy (non-hydrogen) atoms. The van der Waals surface area contributed by atoms with Crippen LogP contribution in [0.25, 0.3) is 0 Å². The molecule has 0 aliphatic rings. The van der Waals surface area contributed by atoms with Gasteiger partial charge in [0.25, 0.3) is 0 Å². The van der Waals surface area contributed by atoms with Crippen LogP contribution in [-0.4, -0.2) is 33.2 Å². The summed E-state index contributed by atoms with van der Waals surface area (Å²) in [6, 6.07) is 0. The molecule has 0 atom stereocenters. The quantitative estimate of drug-likeness (QED) is 0.609. The van der Waals surface area contributed by atoms with Crippen molar-refractivity contribution in [3.05, 3.63) is 0 Å². The first-order chi connectivity index (χ1) is 4.45. The monoisotopic (exact) mass is 192 g/mol. The van der Waals surface area contributed by atoms with Crippen molar-refractivity contribution in [2.24, 2.45) is 0 Å². The maximum Gasteiger partial charge on any atom is 0.488 e. The van der Waals surface area contributed by atoms with E-state index in [0.29, 0.717) is 0 Å². The van der Waals surface area contributed by atoms with Gasteiger partial charge in [-0.2, -0.15) is 0 Å². The average Bonchev–Trinajstić information content (AvgIpc) is 1.59. The molecular formula is C4H12O3Si3. The van der Waals surface area contributed by atoms with E-state index < -0.39 is 16.8 Å². The Morgan fingerprint density at radius 1 is 1.40 bits per heavy atom. The molecule has 0 aromatic carbocycles. The van der Waals surface area contributed by atoms with Crippen LogP contribution in [-0.2, 0) is 13.0 Å². The maximum absolute atomic E-state index is 10.9. The van der Waals surface area contributed by atoms with Crippen LogP contribution in [0.3, 0.4) is 0 Å². The number of rotatable bonds is 4. The zero-order valence-electron chi connectivity index (χ0n) is 6.72. The van der Waals surface area contributed by atoms with Gasteiger partial charge in [-0.3, -0.25) is 0 Å². The molecule has 0 N–H and O–H groups in total. The molecule has 0 saturated heterocycles. The van der Waals surface area contributed by atoms with Crippen molar-refractivity contribution in [2.45, 2.75) is 19.6 Å². The fourth-order valence-corrected chi connectivity index (χ4v) is 6.57. The lowest BCUT2D eigenvalue weighted by molar-refractivity contribution is 0.424. The predicted octanol–water partition coefficient (Wildman–Crippen LogP) is 0.519. The summed E-state index contributed by atoms with van der Waals surface area (Å²) in [5, 5.41) is 0. The van der Waals surface area contributed by atoms with Gasteiger partial charge < -0.3 is 13.0 Å². The van der Waals surface area contributed by atoms with Crippen molar-refractivity contribution >= 4 is 26.0 Å². The molecule has 0 amide bonds. The van der Waals surface area contributed by atoms with Crippen molar-refractivity contribution in [2.75, 3.05) is 7.11 Å². The topological polar surface area (TPSA) is 35.5 Å². The van der Waals surface area contributed by atoms with Gasteiger partial charge in [0.05, 0.1) is 0 Å². The van der Waals surface area contributed by atoms with Crippen molar-refractivity contribution in [3.8, 4) is 0 Å². The molecule has 58 valence electrons. The smallest absolute Gasteiger partial charge is 0.488 e. The third-order valence-electron chi connectivity index (χ3n) is 0.584. The molecule has 0 aromatic heterocycles. The molecule has 0 aliphatic carbocycles. The van der Waals surface area contributed by atoms with Crippen molar-refractivity contribution < 1.29 is 13.0 Å². The van der Waals surface area contributed by atoms with Crippen LogP contribution in [0, 0.1) is 0 Å². The summed E-state index contributed by atoms with van der Waals surface area (Å²) in [6.45, 7) is 6.03. The van der Waals surface area contributed by atoms with Crippen LogP contribution < -0.4 is 0 Å². The Labute approximate surface area is 66.4 Å². The minimum absolute atomic E-state index is 0.0210. The van der Waals surface area contributed by atoms with Crippen molar-refractivity contribution in [1.29, 1.82) is 0 Å². The van der Waals surface area contributed by atoms with Crippen molar-refractivity contribution in [3.63, 3.8) is 0 Å².